The number of aryl methyl sites for hydroxylation is 1. The van der Waals surface area contributed by atoms with Crippen molar-refractivity contribution in [2.75, 3.05) is 13.6 Å². The molecule has 3 aromatic heterocycles. The predicted octanol–water partition coefficient (Wildman–Crippen LogP) is 10.7. The van der Waals surface area contributed by atoms with E-state index in [-0.39, 0.29) is 6.04 Å². The molecule has 2 unspecified atom stereocenters. The Hall–Kier alpha value is -4.87. The minimum Gasteiger partial charge on any atom is -0.437 e. The van der Waals surface area contributed by atoms with Gasteiger partial charge in [0.1, 0.15) is 7.05 Å². The van der Waals surface area contributed by atoms with Crippen molar-refractivity contribution in [3.63, 3.8) is 0 Å². The molecule has 0 radical (unpaired) electrons. The molecule has 4 nitrogen and oxygen atoms in total. The van der Waals surface area contributed by atoms with E-state index in [0.29, 0.717) is 11.6 Å². The summed E-state index contributed by atoms with van der Waals surface area (Å²) >= 11 is 0. The molecule has 5 heterocycles. The van der Waals surface area contributed by atoms with Gasteiger partial charge in [-0.15, -0.1) is 0 Å². The second-order valence-corrected chi connectivity index (χ2v) is 22.2. The number of hydrogen-bond acceptors (Lipinski definition) is 2. The third kappa shape index (κ3) is 6.01. The van der Waals surface area contributed by atoms with Crippen molar-refractivity contribution < 1.29 is 13.6 Å². The Balaban J connectivity index is 1.21. The number of aromatic nitrogens is 2. The molecule has 3 aromatic carbocycles. The molecule has 2 aliphatic heterocycles. The maximum atomic E-state index is 6.83. The average Bonchev–Trinajstić information content (AvgIpc) is 3.82. The predicted molar refractivity (Wildman–Crippen MR) is 227 cm³/mol. The Labute approximate surface area is 321 Å². The Morgan fingerprint density at radius 3 is 2.44 bits per heavy atom. The lowest BCUT2D eigenvalue weighted by molar-refractivity contribution is -0.710. The van der Waals surface area contributed by atoms with Gasteiger partial charge in [0.15, 0.2) is 24.4 Å². The van der Waals surface area contributed by atoms with Gasteiger partial charge in [-0.3, -0.25) is 0 Å². The fourth-order valence-corrected chi connectivity index (χ4v) is 11.7. The van der Waals surface area contributed by atoms with E-state index in [2.05, 4.69) is 140 Å². The van der Waals surface area contributed by atoms with Crippen LogP contribution in [0.5, 0.6) is 0 Å². The summed E-state index contributed by atoms with van der Waals surface area (Å²) in [6.45, 7) is 15.4. The van der Waals surface area contributed by atoms with Gasteiger partial charge in [0.05, 0.1) is 30.8 Å². The highest BCUT2D eigenvalue weighted by molar-refractivity contribution is 6.89. The zero-order valence-corrected chi connectivity index (χ0v) is 33.7. The summed E-state index contributed by atoms with van der Waals surface area (Å²) < 4.78 is 11.9. The Morgan fingerprint density at radius 1 is 0.907 bits per heavy atom. The van der Waals surface area contributed by atoms with Crippen LogP contribution in [0.25, 0.3) is 44.6 Å². The second-order valence-electron chi connectivity index (χ2n) is 17.2. The maximum Gasteiger partial charge on any atom is 0.227 e. The Morgan fingerprint density at radius 2 is 1.67 bits per heavy atom. The van der Waals surface area contributed by atoms with Crippen molar-refractivity contribution in [3.05, 3.63) is 138 Å². The van der Waals surface area contributed by atoms with Crippen LogP contribution in [0.1, 0.15) is 73.2 Å². The fourth-order valence-electron chi connectivity index (χ4n) is 10.0. The van der Waals surface area contributed by atoms with Crippen LogP contribution in [0, 0.1) is 5.92 Å². The fraction of sp³-hybridized carbons (Fsp3) is 0.327. The number of fused-ring (bicyclic) bond motifs is 11. The maximum absolute atomic E-state index is 6.83. The molecule has 1 aliphatic carbocycles. The molecule has 54 heavy (non-hydrogen) atoms. The zero-order chi connectivity index (χ0) is 37.1. The minimum atomic E-state index is -1.66. The van der Waals surface area contributed by atoms with E-state index in [9.17, 15) is 0 Å². The highest BCUT2D eigenvalue weighted by Crippen LogP contribution is 2.45. The van der Waals surface area contributed by atoms with Gasteiger partial charge in [-0.25, -0.2) is 9.56 Å². The van der Waals surface area contributed by atoms with Crippen LogP contribution in [-0.4, -0.2) is 36.9 Å². The second kappa shape index (κ2) is 13.8. The summed E-state index contributed by atoms with van der Waals surface area (Å²) in [5.74, 6) is 1.11. The van der Waals surface area contributed by atoms with Gasteiger partial charge >= 0.3 is 0 Å². The lowest BCUT2D eigenvalue weighted by Gasteiger charge is -2.33. The van der Waals surface area contributed by atoms with E-state index in [0.717, 1.165) is 58.6 Å². The molecular weight excluding hydrogens is 675 g/mol. The molecule has 3 aliphatic rings. The van der Waals surface area contributed by atoms with Crippen LogP contribution in [-0.2, 0) is 12.8 Å². The van der Waals surface area contributed by atoms with Gasteiger partial charge in [0.25, 0.3) is 0 Å². The molecular formula is C49H53N3OSi+2. The van der Waals surface area contributed by atoms with Crippen LogP contribution in [0.15, 0.2) is 120 Å². The van der Waals surface area contributed by atoms with Crippen molar-refractivity contribution in [2.45, 2.75) is 83.5 Å². The van der Waals surface area contributed by atoms with E-state index < -0.39 is 8.07 Å². The van der Waals surface area contributed by atoms with Crippen molar-refractivity contribution in [1.82, 2.24) is 4.98 Å². The Bertz CT molecular complexity index is 2490. The minimum absolute atomic E-state index is 0.164. The summed E-state index contributed by atoms with van der Waals surface area (Å²) in [5.41, 5.74) is 14.3. The number of furan rings is 1. The lowest BCUT2D eigenvalue weighted by Crippen LogP contribution is -2.55. The number of nitrogens with zero attached hydrogens (tertiary/aromatic N) is 3. The number of pyridine rings is 2. The molecule has 1 fully saturated rings. The molecule has 2 atom stereocenters. The van der Waals surface area contributed by atoms with Crippen molar-refractivity contribution in [1.29, 1.82) is 0 Å². The first kappa shape index (κ1) is 34.9. The molecule has 6 aromatic rings. The highest BCUT2D eigenvalue weighted by Gasteiger charge is 2.45. The summed E-state index contributed by atoms with van der Waals surface area (Å²) in [5, 5.41) is 3.79. The van der Waals surface area contributed by atoms with Gasteiger partial charge < -0.3 is 4.42 Å². The van der Waals surface area contributed by atoms with Crippen molar-refractivity contribution >= 4 is 41.0 Å². The van der Waals surface area contributed by atoms with Crippen LogP contribution in [0.2, 0.25) is 19.6 Å². The van der Waals surface area contributed by atoms with Gasteiger partial charge in [-0.1, -0.05) is 119 Å². The van der Waals surface area contributed by atoms with Gasteiger partial charge in [-0.05, 0) is 67.0 Å². The molecule has 272 valence electrons. The first-order chi connectivity index (χ1) is 26.2. The summed E-state index contributed by atoms with van der Waals surface area (Å²) in [4.78, 5) is 5.05. The number of benzene rings is 3. The van der Waals surface area contributed by atoms with Crippen LogP contribution < -0.4 is 9.75 Å². The van der Waals surface area contributed by atoms with E-state index in [1.165, 1.54) is 65.6 Å². The number of allylic oxidation sites excluding steroid dienone is 2. The molecule has 9 rings (SSSR count). The van der Waals surface area contributed by atoms with Crippen molar-refractivity contribution in [2.24, 2.45) is 5.92 Å². The quantitative estimate of drug-likeness (QED) is 0.101. The highest BCUT2D eigenvalue weighted by atomic mass is 28.3. The van der Waals surface area contributed by atoms with Crippen molar-refractivity contribution in [3.8, 4) is 22.5 Å². The van der Waals surface area contributed by atoms with E-state index in [4.69, 9.17) is 16.0 Å². The standard InChI is InChI=1S/C49H53N3OSi/c1-7-15-43-46-35(23-25-40-41-26-27-42(34-18-9-8-10-19-34)50-49(41)53-48(40)46)22-24-39-37-20-13-14-21-38(37)44-29-36(28-33-16-11-12-17-33)45(54(4,5)6)31-52(44)47(39)32(2)30-51(43)3/h7-10,13-15,18-21,23,25-27,29,31,33,39,47H,2,11-12,16-17,22,24,28,30H2,1,3-6H3/q+2/b15-7+,51-43?. The van der Waals surface area contributed by atoms with Gasteiger partial charge in [0.2, 0.25) is 17.1 Å². The molecule has 0 spiro atoms. The average molecular weight is 728 g/mol. The topological polar surface area (TPSA) is 32.9 Å². The monoisotopic (exact) mass is 727 g/mol. The van der Waals surface area contributed by atoms with E-state index >= 15 is 0 Å². The summed E-state index contributed by atoms with van der Waals surface area (Å²) in [6.07, 6.45) is 15.7. The van der Waals surface area contributed by atoms with Crippen LogP contribution >= 0.6 is 0 Å². The number of likely N-dealkylation sites (N-methyl/N-ethyl adjacent to an activating group) is 1. The molecule has 0 amide bonds. The molecule has 0 bridgehead atoms. The molecule has 0 N–H and O–H groups in total. The number of hydrogen-bond donors (Lipinski definition) is 0. The summed E-state index contributed by atoms with van der Waals surface area (Å²) in [7, 11) is 0.575. The molecule has 5 heteroatoms. The third-order valence-electron chi connectivity index (χ3n) is 12.5. The van der Waals surface area contributed by atoms with Crippen LogP contribution in [0.3, 0.4) is 0 Å². The third-order valence-corrected chi connectivity index (χ3v) is 14.6. The molecule has 1 saturated carbocycles. The Kier molecular flexibility index (Phi) is 8.89. The largest absolute Gasteiger partial charge is 0.437 e. The SMILES string of the molecule is C=C1C[N+](C)=C(/C=C/C)c2c(ccc3c2oc2nc(-c4ccccc4)ccc23)CCC2c3ccccc3-c3cc(CC4CCCC4)c([Si](C)(C)C)c[n+]3C12. The smallest absolute Gasteiger partial charge is 0.227 e. The number of rotatable bonds is 5. The molecule has 0 saturated heterocycles. The normalized spacial score (nSPS) is 19.3. The van der Waals surface area contributed by atoms with Crippen LogP contribution in [0.4, 0.5) is 0 Å². The van der Waals surface area contributed by atoms with Gasteiger partial charge in [0, 0.05) is 39.2 Å². The lowest BCUT2D eigenvalue weighted by atomic mass is 9.76. The first-order valence-electron chi connectivity index (χ1n) is 20.2. The van der Waals surface area contributed by atoms with E-state index in [1.807, 2.05) is 6.07 Å². The first-order valence-corrected chi connectivity index (χ1v) is 23.7. The summed E-state index contributed by atoms with van der Waals surface area (Å²) in [6, 6.07) is 31.3. The van der Waals surface area contributed by atoms with Gasteiger partial charge in [-0.2, -0.15) is 4.57 Å². The van der Waals surface area contributed by atoms with E-state index in [1.54, 1.807) is 10.8 Å². The zero-order valence-electron chi connectivity index (χ0n) is 32.7.